The Morgan fingerprint density at radius 2 is 1.76 bits per heavy atom. The molecule has 0 bridgehead atoms. The second kappa shape index (κ2) is 8.47. The summed E-state index contributed by atoms with van der Waals surface area (Å²) in [6.07, 6.45) is 1.60. The lowest BCUT2D eigenvalue weighted by Crippen LogP contribution is -2.17. The number of ketones is 1. The van der Waals surface area contributed by atoms with E-state index in [-0.39, 0.29) is 11.3 Å². The van der Waals surface area contributed by atoms with Gasteiger partial charge in [0.05, 0.1) is 31.0 Å². The summed E-state index contributed by atoms with van der Waals surface area (Å²) in [5.41, 5.74) is 1.65. The van der Waals surface area contributed by atoms with Crippen LogP contribution in [-0.2, 0) is 4.74 Å². The summed E-state index contributed by atoms with van der Waals surface area (Å²) in [7, 11) is 2.95. The average Bonchev–Trinajstić information content (AvgIpc) is 3.09. The molecule has 3 aromatic rings. The number of esters is 1. The van der Waals surface area contributed by atoms with Gasteiger partial charge in [-0.05, 0) is 43.3 Å². The van der Waals surface area contributed by atoms with Gasteiger partial charge in [0, 0.05) is 18.0 Å². The lowest BCUT2D eigenvalue weighted by atomic mass is 10.1. The number of hydrogen-bond donors (Lipinski definition) is 1. The molecule has 2 aromatic carbocycles. The summed E-state index contributed by atoms with van der Waals surface area (Å²) in [6, 6.07) is 11.1. The van der Waals surface area contributed by atoms with Crippen LogP contribution in [0.2, 0.25) is 0 Å². The quantitative estimate of drug-likeness (QED) is 0.487. The molecular formula is C21H20N2O6. The van der Waals surface area contributed by atoms with E-state index in [9.17, 15) is 14.4 Å². The van der Waals surface area contributed by atoms with Gasteiger partial charge in [-0.15, -0.1) is 0 Å². The molecule has 0 amide bonds. The molecule has 0 aliphatic heterocycles. The van der Waals surface area contributed by atoms with Crippen LogP contribution in [0.3, 0.4) is 0 Å². The van der Waals surface area contributed by atoms with Crippen LogP contribution in [0.25, 0.3) is 5.69 Å². The minimum atomic E-state index is -0.643. The van der Waals surface area contributed by atoms with Crippen molar-refractivity contribution < 1.29 is 23.8 Å². The highest BCUT2D eigenvalue weighted by atomic mass is 16.5. The number of Topliss-reactive ketones (excluding diaryl/α,β-unsaturated/α-hetero) is 1. The van der Waals surface area contributed by atoms with E-state index in [1.807, 2.05) is 0 Å². The number of imidazole rings is 1. The fourth-order valence-corrected chi connectivity index (χ4v) is 2.84. The van der Waals surface area contributed by atoms with Crippen LogP contribution >= 0.6 is 0 Å². The van der Waals surface area contributed by atoms with Crippen LogP contribution < -0.4 is 15.2 Å². The molecule has 1 N–H and O–H groups in total. The molecular weight excluding hydrogens is 376 g/mol. The molecule has 8 heteroatoms. The second-order valence-electron chi connectivity index (χ2n) is 6.18. The molecule has 0 saturated heterocycles. The minimum Gasteiger partial charge on any atom is -0.497 e. The van der Waals surface area contributed by atoms with E-state index < -0.39 is 18.4 Å². The SMILES string of the molecule is COc1ccc(C(=O)COC(=O)c2ccc(-n3c(C)c[nH]c3=O)cc2)c(OC)c1. The van der Waals surface area contributed by atoms with Crippen molar-refractivity contribution in [2.75, 3.05) is 20.8 Å². The van der Waals surface area contributed by atoms with Crippen LogP contribution in [0.5, 0.6) is 11.5 Å². The van der Waals surface area contributed by atoms with Gasteiger partial charge in [0.2, 0.25) is 5.78 Å². The minimum absolute atomic E-state index is 0.267. The smallest absolute Gasteiger partial charge is 0.338 e. The molecule has 3 rings (SSSR count). The molecule has 0 spiro atoms. The van der Waals surface area contributed by atoms with E-state index in [0.717, 1.165) is 5.69 Å². The molecule has 0 fully saturated rings. The number of aromatic amines is 1. The molecule has 0 aliphatic carbocycles. The number of benzene rings is 2. The Labute approximate surface area is 166 Å². The normalized spacial score (nSPS) is 10.4. The van der Waals surface area contributed by atoms with E-state index in [0.29, 0.717) is 22.7 Å². The maximum absolute atomic E-state index is 12.4. The van der Waals surface area contributed by atoms with Crippen molar-refractivity contribution in [1.82, 2.24) is 9.55 Å². The Morgan fingerprint density at radius 3 is 2.34 bits per heavy atom. The third kappa shape index (κ3) is 4.21. The lowest BCUT2D eigenvalue weighted by Gasteiger charge is -2.10. The lowest BCUT2D eigenvalue weighted by molar-refractivity contribution is 0.0474. The first-order valence-electron chi connectivity index (χ1n) is 8.74. The zero-order chi connectivity index (χ0) is 21.0. The number of nitrogens with one attached hydrogen (secondary N) is 1. The van der Waals surface area contributed by atoms with Gasteiger partial charge in [0.15, 0.2) is 6.61 Å². The molecule has 8 nitrogen and oxygen atoms in total. The maximum Gasteiger partial charge on any atom is 0.338 e. The number of rotatable bonds is 7. The van der Waals surface area contributed by atoms with E-state index in [1.165, 1.54) is 30.9 Å². The molecule has 1 aromatic heterocycles. The van der Waals surface area contributed by atoms with Gasteiger partial charge < -0.3 is 19.2 Å². The Morgan fingerprint density at radius 1 is 1.03 bits per heavy atom. The highest BCUT2D eigenvalue weighted by Gasteiger charge is 2.16. The van der Waals surface area contributed by atoms with Crippen molar-refractivity contribution in [3.63, 3.8) is 0 Å². The average molecular weight is 396 g/mol. The number of H-pyrrole nitrogens is 1. The summed E-state index contributed by atoms with van der Waals surface area (Å²) in [5.74, 6) is -0.159. The summed E-state index contributed by atoms with van der Waals surface area (Å²) in [5, 5.41) is 0. The van der Waals surface area contributed by atoms with Gasteiger partial charge in [-0.25, -0.2) is 9.59 Å². The van der Waals surface area contributed by atoms with Crippen molar-refractivity contribution in [2.24, 2.45) is 0 Å². The highest BCUT2D eigenvalue weighted by Crippen LogP contribution is 2.25. The van der Waals surface area contributed by atoms with Crippen molar-refractivity contribution in [2.45, 2.75) is 6.92 Å². The van der Waals surface area contributed by atoms with Crippen molar-refractivity contribution in [3.05, 3.63) is 76.0 Å². The molecule has 0 saturated carbocycles. The van der Waals surface area contributed by atoms with Gasteiger partial charge >= 0.3 is 11.7 Å². The first-order valence-corrected chi connectivity index (χ1v) is 8.74. The van der Waals surface area contributed by atoms with Crippen molar-refractivity contribution >= 4 is 11.8 Å². The standard InChI is InChI=1S/C21H20N2O6/c1-13-11-22-21(26)23(13)15-6-4-14(5-7-15)20(25)29-12-18(24)17-9-8-16(27-2)10-19(17)28-3/h4-11H,12H2,1-3H3,(H,22,26). The fourth-order valence-electron chi connectivity index (χ4n) is 2.84. The maximum atomic E-state index is 12.4. The van der Waals surface area contributed by atoms with Crippen LogP contribution in [0, 0.1) is 6.92 Å². The van der Waals surface area contributed by atoms with E-state index in [1.54, 1.807) is 43.5 Å². The molecule has 29 heavy (non-hydrogen) atoms. The van der Waals surface area contributed by atoms with E-state index in [4.69, 9.17) is 14.2 Å². The summed E-state index contributed by atoms with van der Waals surface area (Å²) in [4.78, 5) is 39.1. The zero-order valence-corrected chi connectivity index (χ0v) is 16.2. The molecule has 150 valence electrons. The number of carbonyl (C=O) groups is 2. The molecule has 0 atom stereocenters. The zero-order valence-electron chi connectivity index (χ0n) is 16.2. The topological polar surface area (TPSA) is 99.6 Å². The summed E-state index contributed by atoms with van der Waals surface area (Å²) >= 11 is 0. The van der Waals surface area contributed by atoms with Crippen LogP contribution in [0.15, 0.2) is 53.5 Å². The number of hydrogen-bond acceptors (Lipinski definition) is 6. The van der Waals surface area contributed by atoms with Gasteiger partial charge in [-0.3, -0.25) is 9.36 Å². The number of methoxy groups -OCH3 is 2. The Bertz CT molecular complexity index is 1100. The number of nitrogens with zero attached hydrogens (tertiary/aromatic N) is 1. The molecule has 0 unspecified atom stereocenters. The summed E-state index contributed by atoms with van der Waals surface area (Å²) < 4.78 is 16.9. The first-order chi connectivity index (χ1) is 13.9. The fraction of sp³-hybridized carbons (Fsp3) is 0.190. The highest BCUT2D eigenvalue weighted by molar-refractivity contribution is 6.01. The predicted molar refractivity (Wildman–Crippen MR) is 105 cm³/mol. The van der Waals surface area contributed by atoms with Crippen LogP contribution in [0.4, 0.5) is 0 Å². The number of ether oxygens (including phenoxy) is 3. The molecule has 1 heterocycles. The van der Waals surface area contributed by atoms with Crippen LogP contribution in [-0.4, -0.2) is 42.1 Å². The van der Waals surface area contributed by atoms with Crippen molar-refractivity contribution in [1.29, 1.82) is 0 Å². The number of carbonyl (C=O) groups excluding carboxylic acids is 2. The van der Waals surface area contributed by atoms with Gasteiger partial charge in [-0.2, -0.15) is 0 Å². The third-order valence-corrected chi connectivity index (χ3v) is 4.36. The van der Waals surface area contributed by atoms with Gasteiger partial charge in [-0.1, -0.05) is 0 Å². The number of aromatic nitrogens is 2. The first kappa shape index (κ1) is 19.9. The number of aryl methyl sites for hydroxylation is 1. The monoisotopic (exact) mass is 396 g/mol. The molecule has 0 aliphatic rings. The van der Waals surface area contributed by atoms with Crippen molar-refractivity contribution in [3.8, 4) is 17.2 Å². The second-order valence-corrected chi connectivity index (χ2v) is 6.18. The molecule has 0 radical (unpaired) electrons. The van der Waals surface area contributed by atoms with Gasteiger partial charge in [0.25, 0.3) is 0 Å². The van der Waals surface area contributed by atoms with E-state index in [2.05, 4.69) is 4.98 Å². The third-order valence-electron chi connectivity index (χ3n) is 4.36. The largest absolute Gasteiger partial charge is 0.497 e. The Hall–Kier alpha value is -3.81. The van der Waals surface area contributed by atoms with Gasteiger partial charge in [0.1, 0.15) is 11.5 Å². The Balaban J connectivity index is 1.68. The summed E-state index contributed by atoms with van der Waals surface area (Å²) in [6.45, 7) is 1.36. The van der Waals surface area contributed by atoms with Crippen LogP contribution in [0.1, 0.15) is 26.4 Å². The Kier molecular flexibility index (Phi) is 5.82. The van der Waals surface area contributed by atoms with E-state index >= 15 is 0 Å². The predicted octanol–water partition coefficient (Wildman–Crippen LogP) is 2.53.